The fraction of sp³-hybridized carbons (Fsp3) is 0.136. The van der Waals surface area contributed by atoms with Gasteiger partial charge in [0, 0.05) is 30.1 Å². The Balaban J connectivity index is 1.48. The predicted octanol–water partition coefficient (Wildman–Crippen LogP) is 3.66. The molecular weight excluding hydrogens is 352 g/mol. The van der Waals surface area contributed by atoms with E-state index in [0.29, 0.717) is 25.3 Å². The highest BCUT2D eigenvalue weighted by molar-refractivity contribution is 5.94. The molecule has 0 fully saturated rings. The second-order valence-corrected chi connectivity index (χ2v) is 6.77. The Morgan fingerprint density at radius 3 is 2.75 bits per heavy atom. The zero-order valence-corrected chi connectivity index (χ0v) is 15.1. The van der Waals surface area contributed by atoms with Crippen molar-refractivity contribution in [3.05, 3.63) is 78.4 Å². The Morgan fingerprint density at radius 2 is 1.86 bits per heavy atom. The van der Waals surface area contributed by atoms with Crippen LogP contribution in [0.4, 0.5) is 0 Å². The lowest BCUT2D eigenvalue weighted by Crippen LogP contribution is -2.32. The van der Waals surface area contributed by atoms with Gasteiger partial charge in [0.15, 0.2) is 0 Å². The van der Waals surface area contributed by atoms with Gasteiger partial charge in [0.2, 0.25) is 0 Å². The molecule has 0 unspecified atom stereocenters. The first-order valence-electron chi connectivity index (χ1n) is 9.16. The zero-order valence-electron chi connectivity index (χ0n) is 15.1. The summed E-state index contributed by atoms with van der Waals surface area (Å²) in [5.41, 5.74) is 5.75. The number of fused-ring (bicyclic) bond motifs is 2. The van der Waals surface area contributed by atoms with Gasteiger partial charge in [-0.25, -0.2) is 4.98 Å². The number of rotatable bonds is 2. The van der Waals surface area contributed by atoms with Crippen LogP contribution in [0.15, 0.2) is 67.3 Å². The molecule has 0 spiro atoms. The minimum atomic E-state index is -0.0110. The third-order valence-corrected chi connectivity index (χ3v) is 5.01. The van der Waals surface area contributed by atoms with Crippen molar-refractivity contribution >= 4 is 16.9 Å². The molecule has 0 saturated carbocycles. The molecule has 0 bridgehead atoms. The van der Waals surface area contributed by atoms with Gasteiger partial charge in [0.25, 0.3) is 5.91 Å². The van der Waals surface area contributed by atoms with E-state index in [9.17, 15) is 4.79 Å². The van der Waals surface area contributed by atoms with Crippen LogP contribution in [0.1, 0.15) is 15.9 Å². The largest absolute Gasteiger partial charge is 0.491 e. The summed E-state index contributed by atoms with van der Waals surface area (Å²) in [6.45, 7) is 1.53. The van der Waals surface area contributed by atoms with Crippen molar-refractivity contribution < 1.29 is 9.53 Å². The van der Waals surface area contributed by atoms with Gasteiger partial charge in [-0.1, -0.05) is 12.1 Å². The Bertz CT molecular complexity index is 1150. The summed E-state index contributed by atoms with van der Waals surface area (Å²) >= 11 is 0. The number of amides is 1. The highest BCUT2D eigenvalue weighted by Crippen LogP contribution is 2.30. The molecule has 0 radical (unpaired) electrons. The molecule has 0 atom stereocenters. The number of pyridine rings is 1. The third-order valence-electron chi connectivity index (χ3n) is 5.01. The molecule has 6 heteroatoms. The number of hydrogen-bond acceptors (Lipinski definition) is 4. The van der Waals surface area contributed by atoms with Crippen LogP contribution < -0.4 is 4.74 Å². The van der Waals surface area contributed by atoms with Crippen molar-refractivity contribution in [1.82, 2.24) is 19.9 Å². The minimum absolute atomic E-state index is 0.0110. The van der Waals surface area contributed by atoms with Crippen molar-refractivity contribution in [2.45, 2.75) is 6.54 Å². The standard InChI is InChI=1S/C22H18N4O2/c27-22(15-5-7-23-8-6-15)26-9-10-28-21-4-2-16(11-18(21)13-26)17-1-3-19-20(12-17)25-14-24-19/h1-8,11-12,14H,9-10,13H2,(H,24,25). The number of aromatic amines is 1. The SMILES string of the molecule is O=C(c1ccncc1)N1CCOc2ccc(-c3ccc4nc[nH]c4c3)cc2C1. The van der Waals surface area contributed by atoms with Crippen LogP contribution in [0.5, 0.6) is 5.75 Å². The van der Waals surface area contributed by atoms with Crippen molar-refractivity contribution in [2.24, 2.45) is 0 Å². The van der Waals surface area contributed by atoms with E-state index in [1.165, 1.54) is 0 Å². The Hall–Kier alpha value is -3.67. The van der Waals surface area contributed by atoms with E-state index in [1.54, 1.807) is 30.9 Å². The normalized spacial score (nSPS) is 13.6. The molecule has 5 rings (SSSR count). The number of nitrogens with one attached hydrogen (secondary N) is 1. The molecule has 3 heterocycles. The van der Waals surface area contributed by atoms with Gasteiger partial charge in [0.05, 0.1) is 23.9 Å². The van der Waals surface area contributed by atoms with E-state index in [4.69, 9.17) is 4.74 Å². The third kappa shape index (κ3) is 2.99. The van der Waals surface area contributed by atoms with Crippen molar-refractivity contribution in [3.63, 3.8) is 0 Å². The second-order valence-electron chi connectivity index (χ2n) is 6.77. The van der Waals surface area contributed by atoms with E-state index in [-0.39, 0.29) is 5.91 Å². The van der Waals surface area contributed by atoms with Gasteiger partial charge in [-0.15, -0.1) is 0 Å². The number of ether oxygens (including phenoxy) is 1. The maximum absolute atomic E-state index is 12.9. The second kappa shape index (κ2) is 6.81. The summed E-state index contributed by atoms with van der Waals surface area (Å²) in [7, 11) is 0. The van der Waals surface area contributed by atoms with E-state index >= 15 is 0 Å². The van der Waals surface area contributed by atoms with Crippen LogP contribution in [0.2, 0.25) is 0 Å². The number of imidazole rings is 1. The van der Waals surface area contributed by atoms with Crippen LogP contribution in [0, 0.1) is 0 Å². The number of benzene rings is 2. The molecule has 2 aromatic heterocycles. The molecule has 4 aromatic rings. The highest BCUT2D eigenvalue weighted by Gasteiger charge is 2.21. The van der Waals surface area contributed by atoms with Gasteiger partial charge in [-0.2, -0.15) is 0 Å². The molecule has 1 aliphatic heterocycles. The first kappa shape index (κ1) is 16.5. The highest BCUT2D eigenvalue weighted by atomic mass is 16.5. The Labute approximate surface area is 161 Å². The monoisotopic (exact) mass is 370 g/mol. The van der Waals surface area contributed by atoms with Gasteiger partial charge < -0.3 is 14.6 Å². The lowest BCUT2D eigenvalue weighted by Gasteiger charge is -2.20. The first-order valence-corrected chi connectivity index (χ1v) is 9.16. The number of H-pyrrole nitrogens is 1. The minimum Gasteiger partial charge on any atom is -0.491 e. The van der Waals surface area contributed by atoms with E-state index in [0.717, 1.165) is 33.5 Å². The fourth-order valence-corrected chi connectivity index (χ4v) is 3.54. The van der Waals surface area contributed by atoms with Crippen LogP contribution in [0.3, 0.4) is 0 Å². The molecule has 0 saturated heterocycles. The molecule has 28 heavy (non-hydrogen) atoms. The maximum Gasteiger partial charge on any atom is 0.254 e. The van der Waals surface area contributed by atoms with E-state index in [2.05, 4.69) is 39.2 Å². The number of carbonyl (C=O) groups excluding carboxylic acids is 1. The lowest BCUT2D eigenvalue weighted by atomic mass is 10.0. The Kier molecular flexibility index (Phi) is 4.01. The maximum atomic E-state index is 12.9. The van der Waals surface area contributed by atoms with Crippen LogP contribution >= 0.6 is 0 Å². The molecule has 138 valence electrons. The molecule has 0 aliphatic carbocycles. The molecular formula is C22H18N4O2. The number of hydrogen-bond donors (Lipinski definition) is 1. The topological polar surface area (TPSA) is 71.1 Å². The van der Waals surface area contributed by atoms with E-state index < -0.39 is 0 Å². The van der Waals surface area contributed by atoms with Crippen LogP contribution in [-0.4, -0.2) is 38.9 Å². The lowest BCUT2D eigenvalue weighted by molar-refractivity contribution is 0.0733. The molecule has 1 N–H and O–H groups in total. The van der Waals surface area contributed by atoms with Gasteiger partial charge in [0.1, 0.15) is 12.4 Å². The van der Waals surface area contributed by atoms with Gasteiger partial charge >= 0.3 is 0 Å². The summed E-state index contributed by atoms with van der Waals surface area (Å²) in [4.78, 5) is 26.1. The number of nitrogens with zero attached hydrogens (tertiary/aromatic N) is 3. The van der Waals surface area contributed by atoms with Crippen molar-refractivity contribution in [2.75, 3.05) is 13.2 Å². The smallest absolute Gasteiger partial charge is 0.254 e. The molecule has 2 aromatic carbocycles. The first-order chi connectivity index (χ1) is 13.8. The summed E-state index contributed by atoms with van der Waals surface area (Å²) in [5, 5.41) is 0. The summed E-state index contributed by atoms with van der Waals surface area (Å²) in [5.74, 6) is 0.819. The Morgan fingerprint density at radius 1 is 1.04 bits per heavy atom. The molecule has 1 amide bonds. The predicted molar refractivity (Wildman–Crippen MR) is 106 cm³/mol. The molecule has 1 aliphatic rings. The van der Waals surface area contributed by atoms with Gasteiger partial charge in [-0.3, -0.25) is 9.78 Å². The molecule has 6 nitrogen and oxygen atoms in total. The van der Waals surface area contributed by atoms with Gasteiger partial charge in [-0.05, 0) is 47.5 Å². The quantitative estimate of drug-likeness (QED) is 0.585. The summed E-state index contributed by atoms with van der Waals surface area (Å²) in [6, 6.07) is 15.8. The number of carbonyl (C=O) groups is 1. The van der Waals surface area contributed by atoms with Crippen LogP contribution in [-0.2, 0) is 6.54 Å². The zero-order chi connectivity index (χ0) is 18.9. The average molecular weight is 370 g/mol. The number of aromatic nitrogens is 3. The van der Waals surface area contributed by atoms with Crippen LogP contribution in [0.25, 0.3) is 22.2 Å². The fourth-order valence-electron chi connectivity index (χ4n) is 3.54. The summed E-state index contributed by atoms with van der Waals surface area (Å²) in [6.07, 6.45) is 4.97. The van der Waals surface area contributed by atoms with Crippen molar-refractivity contribution in [3.8, 4) is 16.9 Å². The van der Waals surface area contributed by atoms with Crippen molar-refractivity contribution in [1.29, 1.82) is 0 Å². The summed E-state index contributed by atoms with van der Waals surface area (Å²) < 4.78 is 5.89. The average Bonchev–Trinajstić information content (AvgIpc) is 3.11. The van der Waals surface area contributed by atoms with E-state index in [1.807, 2.05) is 17.0 Å².